The number of pyridine rings is 1. The van der Waals surface area contributed by atoms with Gasteiger partial charge in [-0.25, -0.2) is 4.98 Å². The van der Waals surface area contributed by atoms with Gasteiger partial charge in [0.2, 0.25) is 0 Å². The number of nitrogens with zero attached hydrogens (tertiary/aromatic N) is 3. The molecule has 174 valence electrons. The van der Waals surface area contributed by atoms with Crippen molar-refractivity contribution in [3.63, 3.8) is 0 Å². The van der Waals surface area contributed by atoms with Gasteiger partial charge in [-0.1, -0.05) is 12.1 Å². The number of carbonyl (C=O) groups is 1. The lowest BCUT2D eigenvalue weighted by Crippen LogP contribution is -2.38. The van der Waals surface area contributed by atoms with Crippen LogP contribution in [0, 0.1) is 0 Å². The predicted octanol–water partition coefficient (Wildman–Crippen LogP) is 3.35. The molecule has 7 heteroatoms. The standard InChI is InChI=1S/C25H36N4O3/c1-4-29(5-2)24-10-9-21(19-26-24)25(30)27-18-20-7-6-8-23(17-20)32-16-13-28(3)22-11-14-31-15-12-22/h6-10,17,19,22H,4-5,11-16,18H2,1-3H3,(H,27,30). The maximum absolute atomic E-state index is 12.5. The van der Waals surface area contributed by atoms with E-state index >= 15 is 0 Å². The smallest absolute Gasteiger partial charge is 0.253 e. The number of aromatic nitrogens is 1. The van der Waals surface area contributed by atoms with Crippen LogP contribution in [0.4, 0.5) is 5.82 Å². The van der Waals surface area contributed by atoms with E-state index in [1.54, 1.807) is 6.20 Å². The minimum Gasteiger partial charge on any atom is -0.492 e. The van der Waals surface area contributed by atoms with Crippen molar-refractivity contribution in [3.05, 3.63) is 53.7 Å². The van der Waals surface area contributed by atoms with Gasteiger partial charge in [-0.2, -0.15) is 0 Å². The largest absolute Gasteiger partial charge is 0.492 e. The highest BCUT2D eigenvalue weighted by Gasteiger charge is 2.18. The molecule has 1 aromatic heterocycles. The number of benzene rings is 1. The fourth-order valence-corrected chi connectivity index (χ4v) is 3.90. The number of carbonyl (C=O) groups excluding carboxylic acids is 1. The summed E-state index contributed by atoms with van der Waals surface area (Å²) in [5.41, 5.74) is 1.56. The number of hydrogen-bond donors (Lipinski definition) is 1. The molecule has 1 aromatic carbocycles. The summed E-state index contributed by atoms with van der Waals surface area (Å²) in [7, 11) is 2.15. The first-order valence-corrected chi connectivity index (χ1v) is 11.6. The Morgan fingerprint density at radius 1 is 1.19 bits per heavy atom. The first kappa shape index (κ1) is 24.0. The van der Waals surface area contributed by atoms with Gasteiger partial charge in [-0.3, -0.25) is 9.69 Å². The number of nitrogens with one attached hydrogen (secondary N) is 1. The molecule has 0 aliphatic carbocycles. The second-order valence-electron chi connectivity index (χ2n) is 8.08. The molecule has 1 amide bonds. The fraction of sp³-hybridized carbons (Fsp3) is 0.520. The van der Waals surface area contributed by atoms with E-state index in [1.807, 2.05) is 36.4 Å². The van der Waals surface area contributed by atoms with E-state index in [0.717, 1.165) is 62.8 Å². The predicted molar refractivity (Wildman–Crippen MR) is 127 cm³/mol. The zero-order valence-corrected chi connectivity index (χ0v) is 19.5. The topological polar surface area (TPSA) is 66.9 Å². The molecule has 2 aromatic rings. The molecule has 0 atom stereocenters. The summed E-state index contributed by atoms with van der Waals surface area (Å²) < 4.78 is 11.4. The molecule has 0 saturated carbocycles. The Bertz CT molecular complexity index is 833. The molecular weight excluding hydrogens is 404 g/mol. The number of ether oxygens (including phenoxy) is 2. The first-order chi connectivity index (χ1) is 15.6. The monoisotopic (exact) mass is 440 g/mol. The number of rotatable bonds is 11. The van der Waals surface area contributed by atoms with E-state index in [0.29, 0.717) is 24.8 Å². The lowest BCUT2D eigenvalue weighted by atomic mass is 10.1. The lowest BCUT2D eigenvalue weighted by Gasteiger charge is -2.31. The van der Waals surface area contributed by atoms with Gasteiger partial charge in [0.1, 0.15) is 18.2 Å². The van der Waals surface area contributed by atoms with Crippen molar-refractivity contribution in [1.82, 2.24) is 15.2 Å². The maximum atomic E-state index is 12.5. The van der Waals surface area contributed by atoms with Crippen molar-refractivity contribution in [3.8, 4) is 5.75 Å². The first-order valence-electron chi connectivity index (χ1n) is 11.6. The molecule has 0 bridgehead atoms. The lowest BCUT2D eigenvalue weighted by molar-refractivity contribution is 0.0392. The van der Waals surface area contributed by atoms with Crippen LogP contribution in [0.15, 0.2) is 42.6 Å². The minimum atomic E-state index is -0.131. The zero-order valence-electron chi connectivity index (χ0n) is 19.5. The molecule has 1 aliphatic heterocycles. The third kappa shape index (κ3) is 6.93. The van der Waals surface area contributed by atoms with Gasteiger partial charge in [0.15, 0.2) is 0 Å². The summed E-state index contributed by atoms with van der Waals surface area (Å²) in [6.45, 7) is 9.60. The molecule has 1 fully saturated rings. The molecule has 0 unspecified atom stereocenters. The Kier molecular flexibility index (Phi) is 9.31. The van der Waals surface area contributed by atoms with Gasteiger partial charge in [-0.05, 0) is 63.6 Å². The van der Waals surface area contributed by atoms with Crippen LogP contribution in [0.5, 0.6) is 5.75 Å². The van der Waals surface area contributed by atoms with E-state index in [9.17, 15) is 4.79 Å². The van der Waals surface area contributed by atoms with E-state index in [1.165, 1.54) is 0 Å². The number of hydrogen-bond acceptors (Lipinski definition) is 6. The van der Waals surface area contributed by atoms with E-state index in [4.69, 9.17) is 9.47 Å². The van der Waals surface area contributed by atoms with Crippen LogP contribution in [0.2, 0.25) is 0 Å². The van der Waals surface area contributed by atoms with Crippen LogP contribution in [0.3, 0.4) is 0 Å². The molecule has 32 heavy (non-hydrogen) atoms. The second kappa shape index (κ2) is 12.4. The third-order valence-corrected chi connectivity index (χ3v) is 5.98. The molecule has 0 spiro atoms. The molecule has 0 radical (unpaired) electrons. The van der Waals surface area contributed by atoms with Crippen molar-refractivity contribution in [2.24, 2.45) is 0 Å². The van der Waals surface area contributed by atoms with E-state index < -0.39 is 0 Å². The molecule has 7 nitrogen and oxygen atoms in total. The van der Waals surface area contributed by atoms with E-state index in [-0.39, 0.29) is 5.91 Å². The van der Waals surface area contributed by atoms with Crippen LogP contribution in [0.25, 0.3) is 0 Å². The minimum absolute atomic E-state index is 0.131. The van der Waals surface area contributed by atoms with Crippen LogP contribution >= 0.6 is 0 Å². The fourth-order valence-electron chi connectivity index (χ4n) is 3.90. The maximum Gasteiger partial charge on any atom is 0.253 e. The molecule has 1 N–H and O–H groups in total. The summed E-state index contributed by atoms with van der Waals surface area (Å²) in [4.78, 5) is 21.4. The number of likely N-dealkylation sites (N-methyl/N-ethyl adjacent to an activating group) is 1. The summed E-state index contributed by atoms with van der Waals surface area (Å²) in [5, 5.41) is 2.97. The van der Waals surface area contributed by atoms with Gasteiger partial charge in [0.05, 0.1) is 5.56 Å². The number of anilines is 1. The van der Waals surface area contributed by atoms with Gasteiger partial charge in [-0.15, -0.1) is 0 Å². The highest BCUT2D eigenvalue weighted by Crippen LogP contribution is 2.16. The van der Waals surface area contributed by atoms with Gasteiger partial charge in [0, 0.05) is 51.6 Å². The zero-order chi connectivity index (χ0) is 22.8. The summed E-state index contributed by atoms with van der Waals surface area (Å²) >= 11 is 0. The Hall–Kier alpha value is -2.64. The van der Waals surface area contributed by atoms with Crippen molar-refractivity contribution >= 4 is 11.7 Å². The highest BCUT2D eigenvalue weighted by molar-refractivity contribution is 5.94. The second-order valence-corrected chi connectivity index (χ2v) is 8.08. The van der Waals surface area contributed by atoms with E-state index in [2.05, 4.69) is 41.0 Å². The van der Waals surface area contributed by atoms with Gasteiger partial charge in [0.25, 0.3) is 5.91 Å². The molecule has 1 saturated heterocycles. The molecule has 3 rings (SSSR count). The summed E-state index contributed by atoms with van der Waals surface area (Å²) in [6.07, 6.45) is 3.80. The van der Waals surface area contributed by atoms with Gasteiger partial charge >= 0.3 is 0 Å². The summed E-state index contributed by atoms with van der Waals surface area (Å²) in [5.74, 6) is 1.58. The Labute approximate surface area is 191 Å². The Balaban J connectivity index is 1.45. The highest BCUT2D eigenvalue weighted by atomic mass is 16.5. The molecule has 2 heterocycles. The quantitative estimate of drug-likeness (QED) is 0.578. The van der Waals surface area contributed by atoms with Crippen molar-refractivity contribution < 1.29 is 14.3 Å². The van der Waals surface area contributed by atoms with Crippen LogP contribution < -0.4 is 15.0 Å². The molecular formula is C25H36N4O3. The number of amides is 1. The van der Waals surface area contributed by atoms with Crippen molar-refractivity contribution in [2.45, 2.75) is 39.3 Å². The summed E-state index contributed by atoms with van der Waals surface area (Å²) in [6, 6.07) is 12.2. The van der Waals surface area contributed by atoms with Crippen LogP contribution in [0.1, 0.15) is 42.6 Å². The SMILES string of the molecule is CCN(CC)c1ccc(C(=O)NCc2cccc(OCCN(C)C3CCOCC3)c2)cn1. The van der Waals surface area contributed by atoms with Gasteiger partial charge < -0.3 is 19.7 Å². The van der Waals surface area contributed by atoms with Crippen molar-refractivity contribution in [1.29, 1.82) is 0 Å². The Morgan fingerprint density at radius 2 is 1.97 bits per heavy atom. The van der Waals surface area contributed by atoms with Crippen LogP contribution in [-0.2, 0) is 11.3 Å². The average Bonchev–Trinajstić information content (AvgIpc) is 2.84. The third-order valence-electron chi connectivity index (χ3n) is 5.98. The normalized spacial score (nSPS) is 14.4. The Morgan fingerprint density at radius 3 is 2.66 bits per heavy atom. The molecule has 1 aliphatic rings. The van der Waals surface area contributed by atoms with Crippen LogP contribution in [-0.4, -0.2) is 68.3 Å². The average molecular weight is 441 g/mol. The van der Waals surface area contributed by atoms with Crippen molar-refractivity contribution in [2.75, 3.05) is 51.4 Å².